The molecule has 0 spiro atoms. The molecule has 0 aromatic carbocycles. The predicted molar refractivity (Wildman–Crippen MR) is 51.1 cm³/mol. The molecular formula is C9H15N3O3. The zero-order chi connectivity index (χ0) is 10.7. The Bertz CT molecular complexity index is 309. The molecule has 0 radical (unpaired) electrons. The number of aromatic nitrogens is 2. The second-order valence-corrected chi connectivity index (χ2v) is 3.67. The smallest absolute Gasteiger partial charge is 0.243 e. The Kier molecular flexibility index (Phi) is 3.30. The molecule has 2 atom stereocenters. The zero-order valence-corrected chi connectivity index (χ0v) is 8.43. The zero-order valence-electron chi connectivity index (χ0n) is 8.43. The van der Waals surface area contributed by atoms with E-state index in [0.29, 0.717) is 24.7 Å². The van der Waals surface area contributed by atoms with Crippen LogP contribution in [0.2, 0.25) is 0 Å². The lowest BCUT2D eigenvalue weighted by molar-refractivity contribution is 0.192. The lowest BCUT2D eigenvalue weighted by Crippen LogP contribution is -2.12. The van der Waals surface area contributed by atoms with E-state index in [1.807, 2.05) is 0 Å². The van der Waals surface area contributed by atoms with Crippen molar-refractivity contribution in [1.82, 2.24) is 10.1 Å². The summed E-state index contributed by atoms with van der Waals surface area (Å²) in [6.45, 7) is 1.41. The van der Waals surface area contributed by atoms with Crippen molar-refractivity contribution in [2.24, 2.45) is 5.73 Å². The molecule has 2 heterocycles. The van der Waals surface area contributed by atoms with Crippen molar-refractivity contribution in [3.05, 3.63) is 11.7 Å². The first kappa shape index (κ1) is 10.5. The number of ether oxygens (including phenoxy) is 1. The Morgan fingerprint density at radius 2 is 2.47 bits per heavy atom. The van der Waals surface area contributed by atoms with Gasteiger partial charge in [0.15, 0.2) is 5.82 Å². The molecule has 6 heteroatoms. The maximum absolute atomic E-state index is 8.73. The minimum absolute atomic E-state index is 0.0193. The first-order chi connectivity index (χ1) is 7.31. The Hall–Kier alpha value is -0.980. The summed E-state index contributed by atoms with van der Waals surface area (Å²) in [5.41, 5.74) is 5.73. The molecule has 1 saturated heterocycles. The van der Waals surface area contributed by atoms with E-state index in [2.05, 4.69) is 10.1 Å². The molecule has 0 bridgehead atoms. The van der Waals surface area contributed by atoms with E-state index in [0.717, 1.165) is 13.0 Å². The van der Waals surface area contributed by atoms with Crippen LogP contribution in [0, 0.1) is 0 Å². The third kappa shape index (κ3) is 2.34. The summed E-state index contributed by atoms with van der Waals surface area (Å²) < 4.78 is 10.3. The van der Waals surface area contributed by atoms with Crippen LogP contribution in [0.5, 0.6) is 0 Å². The van der Waals surface area contributed by atoms with E-state index in [-0.39, 0.29) is 18.6 Å². The molecule has 15 heavy (non-hydrogen) atoms. The maximum atomic E-state index is 8.73. The second kappa shape index (κ2) is 4.69. The van der Waals surface area contributed by atoms with Crippen LogP contribution in [0.4, 0.5) is 0 Å². The Balaban J connectivity index is 2.02. The Labute approximate surface area is 87.4 Å². The number of aliphatic hydroxyl groups is 1. The summed E-state index contributed by atoms with van der Waals surface area (Å²) in [4.78, 5) is 4.22. The molecule has 3 N–H and O–H groups in total. The van der Waals surface area contributed by atoms with Crippen molar-refractivity contribution in [1.29, 1.82) is 0 Å². The third-order valence-corrected chi connectivity index (χ3v) is 2.51. The standard InChI is InChI=1S/C9H15N3O3/c10-7(1-3-13)9-11-8(12-15-9)6-2-4-14-5-6/h6-7,13H,1-5,10H2. The highest BCUT2D eigenvalue weighted by molar-refractivity contribution is 4.99. The van der Waals surface area contributed by atoms with E-state index in [1.165, 1.54) is 0 Å². The van der Waals surface area contributed by atoms with Crippen LogP contribution in [0.1, 0.15) is 36.5 Å². The molecule has 1 fully saturated rings. The highest BCUT2D eigenvalue weighted by Gasteiger charge is 2.24. The highest BCUT2D eigenvalue weighted by atomic mass is 16.5. The second-order valence-electron chi connectivity index (χ2n) is 3.67. The largest absolute Gasteiger partial charge is 0.396 e. The van der Waals surface area contributed by atoms with Gasteiger partial charge in [0.1, 0.15) is 0 Å². The molecule has 2 unspecified atom stereocenters. The number of aliphatic hydroxyl groups excluding tert-OH is 1. The number of nitrogens with zero attached hydrogens (tertiary/aromatic N) is 2. The van der Waals surface area contributed by atoms with Crippen LogP contribution in [0.3, 0.4) is 0 Å². The summed E-state index contributed by atoms with van der Waals surface area (Å²) in [5.74, 6) is 1.28. The number of hydrogen-bond acceptors (Lipinski definition) is 6. The molecule has 1 aliphatic heterocycles. The van der Waals surface area contributed by atoms with Crippen LogP contribution >= 0.6 is 0 Å². The molecule has 2 rings (SSSR count). The van der Waals surface area contributed by atoms with Crippen LogP contribution in [-0.4, -0.2) is 35.1 Å². The van der Waals surface area contributed by atoms with Crippen LogP contribution in [0.15, 0.2) is 4.52 Å². The van der Waals surface area contributed by atoms with Crippen molar-refractivity contribution in [3.8, 4) is 0 Å². The van der Waals surface area contributed by atoms with Gasteiger partial charge < -0.3 is 20.1 Å². The van der Waals surface area contributed by atoms with Gasteiger partial charge >= 0.3 is 0 Å². The van der Waals surface area contributed by atoms with E-state index in [1.54, 1.807) is 0 Å². The van der Waals surface area contributed by atoms with Gasteiger partial charge in [0.05, 0.1) is 12.6 Å². The van der Waals surface area contributed by atoms with Gasteiger partial charge in [-0.2, -0.15) is 4.98 Å². The molecule has 0 saturated carbocycles. The van der Waals surface area contributed by atoms with Gasteiger partial charge in [-0.05, 0) is 12.8 Å². The molecule has 0 aliphatic carbocycles. The lowest BCUT2D eigenvalue weighted by atomic mass is 10.1. The summed E-state index contributed by atoms with van der Waals surface area (Å²) in [5, 5.41) is 12.6. The molecule has 1 aliphatic rings. The molecule has 1 aromatic rings. The summed E-state index contributed by atoms with van der Waals surface area (Å²) in [6, 6.07) is -0.376. The fourth-order valence-corrected chi connectivity index (χ4v) is 1.56. The first-order valence-corrected chi connectivity index (χ1v) is 5.09. The number of rotatable bonds is 4. The fourth-order valence-electron chi connectivity index (χ4n) is 1.56. The summed E-state index contributed by atoms with van der Waals surface area (Å²) in [6.07, 6.45) is 1.36. The minimum Gasteiger partial charge on any atom is -0.396 e. The maximum Gasteiger partial charge on any atom is 0.243 e. The first-order valence-electron chi connectivity index (χ1n) is 5.09. The lowest BCUT2D eigenvalue weighted by Gasteiger charge is -2.02. The summed E-state index contributed by atoms with van der Waals surface area (Å²) in [7, 11) is 0. The van der Waals surface area contributed by atoms with Gasteiger partial charge in [0.2, 0.25) is 5.89 Å². The van der Waals surface area contributed by atoms with Crippen molar-refractivity contribution in [3.63, 3.8) is 0 Å². The number of nitrogens with two attached hydrogens (primary N) is 1. The average Bonchev–Trinajstić information content (AvgIpc) is 2.89. The SMILES string of the molecule is NC(CCO)c1nc(C2CCOC2)no1. The Morgan fingerprint density at radius 1 is 1.60 bits per heavy atom. The van der Waals surface area contributed by atoms with Gasteiger partial charge in [-0.25, -0.2) is 0 Å². The topological polar surface area (TPSA) is 94.4 Å². The van der Waals surface area contributed by atoms with Crippen molar-refractivity contribution >= 4 is 0 Å². The van der Waals surface area contributed by atoms with Crippen LogP contribution < -0.4 is 5.73 Å². The quantitative estimate of drug-likeness (QED) is 0.728. The van der Waals surface area contributed by atoms with Gasteiger partial charge in [-0.1, -0.05) is 5.16 Å². The third-order valence-electron chi connectivity index (χ3n) is 2.51. The average molecular weight is 213 g/mol. The Morgan fingerprint density at radius 3 is 3.13 bits per heavy atom. The van der Waals surface area contributed by atoms with Gasteiger partial charge in [0, 0.05) is 19.1 Å². The van der Waals surface area contributed by atoms with E-state index < -0.39 is 0 Å². The minimum atomic E-state index is -0.376. The van der Waals surface area contributed by atoms with Gasteiger partial charge in [-0.3, -0.25) is 0 Å². The fraction of sp³-hybridized carbons (Fsp3) is 0.778. The molecule has 84 valence electrons. The molecule has 6 nitrogen and oxygen atoms in total. The number of hydrogen-bond donors (Lipinski definition) is 2. The van der Waals surface area contributed by atoms with E-state index >= 15 is 0 Å². The van der Waals surface area contributed by atoms with Crippen molar-refractivity contribution in [2.75, 3.05) is 19.8 Å². The molecule has 0 amide bonds. The molecule has 1 aromatic heterocycles. The predicted octanol–water partition coefficient (Wildman–Crippen LogP) is -0.0443. The van der Waals surface area contributed by atoms with Crippen molar-refractivity contribution in [2.45, 2.75) is 24.8 Å². The summed E-state index contributed by atoms with van der Waals surface area (Å²) >= 11 is 0. The van der Waals surface area contributed by atoms with E-state index in [9.17, 15) is 0 Å². The normalized spacial score (nSPS) is 23.2. The monoisotopic (exact) mass is 213 g/mol. The van der Waals surface area contributed by atoms with E-state index in [4.69, 9.17) is 20.1 Å². The van der Waals surface area contributed by atoms with Crippen LogP contribution in [-0.2, 0) is 4.74 Å². The highest BCUT2D eigenvalue weighted by Crippen LogP contribution is 2.23. The van der Waals surface area contributed by atoms with Gasteiger partial charge in [-0.15, -0.1) is 0 Å². The van der Waals surface area contributed by atoms with Crippen LogP contribution in [0.25, 0.3) is 0 Å². The van der Waals surface area contributed by atoms with Gasteiger partial charge in [0.25, 0.3) is 0 Å². The van der Waals surface area contributed by atoms with Crippen molar-refractivity contribution < 1.29 is 14.4 Å². The molecular weight excluding hydrogens is 198 g/mol.